The van der Waals surface area contributed by atoms with E-state index in [2.05, 4.69) is 16.4 Å². The number of benzene rings is 2. The third-order valence-corrected chi connectivity index (χ3v) is 7.99. The number of aryl methyl sites for hydroxylation is 3. The summed E-state index contributed by atoms with van der Waals surface area (Å²) in [5.74, 6) is 0.854. The van der Waals surface area contributed by atoms with E-state index in [1.807, 2.05) is 104 Å². The Morgan fingerprint density at radius 3 is 2.28 bits per heavy atom. The monoisotopic (exact) mass is 647 g/mol. The van der Waals surface area contributed by atoms with Crippen LogP contribution in [0.15, 0.2) is 48.7 Å². The van der Waals surface area contributed by atoms with E-state index in [9.17, 15) is 9.59 Å². The molecule has 0 aliphatic rings. The van der Waals surface area contributed by atoms with Crippen LogP contribution in [-0.4, -0.2) is 49.0 Å². The second kappa shape index (κ2) is 13.3. The van der Waals surface area contributed by atoms with Gasteiger partial charge in [0, 0.05) is 35.6 Å². The maximum atomic E-state index is 14.1. The van der Waals surface area contributed by atoms with Crippen molar-refractivity contribution < 1.29 is 19.1 Å². The van der Waals surface area contributed by atoms with Gasteiger partial charge in [0.15, 0.2) is 0 Å². The number of amides is 1. The molecule has 0 fully saturated rings. The Hall–Kier alpha value is -4.11. The molecule has 246 valence electrons. The molecule has 9 nitrogen and oxygen atoms in total. The predicted molar refractivity (Wildman–Crippen MR) is 181 cm³/mol. The fourth-order valence-electron chi connectivity index (χ4n) is 5.47. The van der Waals surface area contributed by atoms with Crippen molar-refractivity contribution >= 4 is 23.5 Å². The quantitative estimate of drug-likeness (QED) is 0.171. The molecule has 0 spiro atoms. The van der Waals surface area contributed by atoms with Gasteiger partial charge in [0.25, 0.3) is 0 Å². The van der Waals surface area contributed by atoms with E-state index < -0.39 is 17.1 Å². The minimum absolute atomic E-state index is 0.114. The van der Waals surface area contributed by atoms with Gasteiger partial charge in [0.2, 0.25) is 5.91 Å². The minimum Gasteiger partial charge on any atom is -0.457 e. The van der Waals surface area contributed by atoms with Crippen LogP contribution >= 0.6 is 11.6 Å². The number of carbonyl (C=O) groups excluding carboxylic acids is 2. The van der Waals surface area contributed by atoms with Crippen molar-refractivity contribution in [2.24, 2.45) is 5.41 Å². The zero-order valence-corrected chi connectivity index (χ0v) is 29.6. The van der Waals surface area contributed by atoms with E-state index in [4.69, 9.17) is 21.1 Å². The van der Waals surface area contributed by atoms with E-state index in [-0.39, 0.29) is 11.9 Å². The molecule has 0 bridgehead atoms. The van der Waals surface area contributed by atoms with E-state index in [1.165, 1.54) is 0 Å². The highest BCUT2D eigenvalue weighted by Crippen LogP contribution is 2.35. The lowest BCUT2D eigenvalue weighted by Gasteiger charge is -2.33. The van der Waals surface area contributed by atoms with E-state index >= 15 is 0 Å². The predicted octanol–water partition coefficient (Wildman–Crippen LogP) is 8.01. The molecule has 4 rings (SSSR count). The van der Waals surface area contributed by atoms with Crippen LogP contribution in [0, 0.1) is 33.1 Å². The molecule has 0 saturated heterocycles. The molecule has 1 amide bonds. The smallest absolute Gasteiger partial charge is 0.340 e. The van der Waals surface area contributed by atoms with Gasteiger partial charge in [0.05, 0.1) is 18.3 Å². The van der Waals surface area contributed by atoms with Gasteiger partial charge >= 0.3 is 5.97 Å². The van der Waals surface area contributed by atoms with Crippen LogP contribution in [0.4, 0.5) is 0 Å². The molecule has 0 N–H and O–H groups in total. The van der Waals surface area contributed by atoms with E-state index in [0.717, 1.165) is 33.8 Å². The topological polar surface area (TPSA) is 91.5 Å². The number of likely N-dealkylation sites (N-methyl/N-ethyl adjacent to an activating group) is 1. The number of hydrogen-bond acceptors (Lipinski definition) is 6. The largest absolute Gasteiger partial charge is 0.457 e. The number of esters is 1. The summed E-state index contributed by atoms with van der Waals surface area (Å²) in [5, 5.41) is 9.38. The van der Waals surface area contributed by atoms with Gasteiger partial charge in [0.1, 0.15) is 28.8 Å². The molecule has 1 atom stereocenters. The van der Waals surface area contributed by atoms with E-state index in [1.54, 1.807) is 28.8 Å². The highest BCUT2D eigenvalue weighted by molar-refractivity contribution is 6.30. The Kier molecular flexibility index (Phi) is 10.1. The summed E-state index contributed by atoms with van der Waals surface area (Å²) in [4.78, 5) is 28.6. The first-order valence-electron chi connectivity index (χ1n) is 15.4. The summed E-state index contributed by atoms with van der Waals surface area (Å²) in [5.41, 5.74) is 4.79. The first kappa shape index (κ1) is 34.8. The molecule has 2 aromatic carbocycles. The SMILES string of the molecule is Cc1ccc(Oc2cc(Cl)ccc2CN(C)C(=O)C(n2cc(Cn3c(C)cc(C(=O)OC(C)(C)C)c3C)nn2)C(C)(C)C)c(C)c1. The fraction of sp³-hybridized carbons (Fsp3) is 0.444. The summed E-state index contributed by atoms with van der Waals surface area (Å²) >= 11 is 6.36. The molecule has 0 saturated carbocycles. The van der Waals surface area contributed by atoms with Gasteiger partial charge in [-0.15, -0.1) is 5.10 Å². The van der Waals surface area contributed by atoms with Crippen molar-refractivity contribution in [3.8, 4) is 11.5 Å². The third kappa shape index (κ3) is 8.18. The van der Waals surface area contributed by atoms with E-state index in [0.29, 0.717) is 35.1 Å². The molecule has 10 heteroatoms. The van der Waals surface area contributed by atoms with Crippen molar-refractivity contribution in [1.82, 2.24) is 24.5 Å². The van der Waals surface area contributed by atoms with Crippen molar-refractivity contribution in [1.29, 1.82) is 0 Å². The number of nitrogens with zero attached hydrogens (tertiary/aromatic N) is 5. The van der Waals surface area contributed by atoms with Crippen LogP contribution in [0.3, 0.4) is 0 Å². The summed E-state index contributed by atoms with van der Waals surface area (Å²) in [6, 6.07) is 12.7. The van der Waals surface area contributed by atoms with Crippen molar-refractivity contribution in [2.75, 3.05) is 7.05 Å². The molecule has 4 aromatic rings. The van der Waals surface area contributed by atoms with Crippen molar-refractivity contribution in [3.05, 3.63) is 93.0 Å². The fourth-order valence-corrected chi connectivity index (χ4v) is 5.63. The first-order chi connectivity index (χ1) is 21.3. The zero-order valence-electron chi connectivity index (χ0n) is 28.9. The van der Waals surface area contributed by atoms with Gasteiger partial charge in [-0.2, -0.15) is 0 Å². The van der Waals surface area contributed by atoms with Crippen LogP contribution in [0.1, 0.15) is 91.7 Å². The number of aromatic nitrogens is 4. The van der Waals surface area contributed by atoms with Crippen molar-refractivity contribution in [3.63, 3.8) is 0 Å². The lowest BCUT2D eigenvalue weighted by atomic mass is 9.86. The molecule has 2 aromatic heterocycles. The van der Waals surface area contributed by atoms with Gasteiger partial charge < -0.3 is 18.9 Å². The van der Waals surface area contributed by atoms with Gasteiger partial charge in [-0.3, -0.25) is 4.79 Å². The molecule has 0 aliphatic carbocycles. The lowest BCUT2D eigenvalue weighted by Crippen LogP contribution is -2.40. The number of carbonyl (C=O) groups is 2. The normalized spacial score (nSPS) is 12.6. The molecular formula is C36H46ClN5O4. The number of halogens is 1. The van der Waals surface area contributed by atoms with Crippen LogP contribution in [0.2, 0.25) is 5.02 Å². The Morgan fingerprint density at radius 2 is 1.65 bits per heavy atom. The van der Waals surface area contributed by atoms with Crippen LogP contribution in [-0.2, 0) is 22.6 Å². The maximum Gasteiger partial charge on any atom is 0.340 e. The second-order valence-electron chi connectivity index (χ2n) is 14.1. The Labute approximate surface area is 277 Å². The number of rotatable bonds is 9. The van der Waals surface area contributed by atoms with Crippen LogP contribution < -0.4 is 4.74 Å². The van der Waals surface area contributed by atoms with Crippen molar-refractivity contribution in [2.45, 2.75) is 94.0 Å². The highest BCUT2D eigenvalue weighted by Gasteiger charge is 2.36. The maximum absolute atomic E-state index is 14.1. The molecule has 0 radical (unpaired) electrons. The molecule has 1 unspecified atom stereocenters. The minimum atomic E-state index is -0.626. The average Bonchev–Trinajstić information content (AvgIpc) is 3.49. The first-order valence-corrected chi connectivity index (χ1v) is 15.8. The van der Waals surface area contributed by atoms with Gasteiger partial charge in [-0.05, 0) is 83.7 Å². The Bertz CT molecular complexity index is 1740. The Balaban J connectivity index is 1.56. The summed E-state index contributed by atoms with van der Waals surface area (Å²) < 4.78 is 15.6. The number of hydrogen-bond donors (Lipinski definition) is 0. The second-order valence-corrected chi connectivity index (χ2v) is 14.6. The molecule has 2 heterocycles. The molecule has 46 heavy (non-hydrogen) atoms. The standard InChI is InChI=1S/C36H46ClN5O4/c1-22-12-15-30(23(2)16-22)45-31-18-27(37)14-13-26(31)19-40(11)33(43)32(35(5,6)7)42-21-28(38-39-42)20-41-24(3)17-29(25(41)4)34(44)46-36(8,9)10/h12-18,21,32H,19-20H2,1-11H3. The molecular weight excluding hydrogens is 602 g/mol. The third-order valence-electron chi connectivity index (χ3n) is 7.75. The average molecular weight is 648 g/mol. The number of ether oxygens (including phenoxy) is 2. The van der Waals surface area contributed by atoms with Gasteiger partial charge in [-0.25, -0.2) is 9.48 Å². The van der Waals surface area contributed by atoms with Crippen LogP contribution in [0.5, 0.6) is 11.5 Å². The lowest BCUT2D eigenvalue weighted by molar-refractivity contribution is -0.137. The Morgan fingerprint density at radius 1 is 0.957 bits per heavy atom. The summed E-state index contributed by atoms with van der Waals surface area (Å²) in [6.07, 6.45) is 1.81. The molecule has 0 aliphatic heterocycles. The van der Waals surface area contributed by atoms with Crippen LogP contribution in [0.25, 0.3) is 0 Å². The summed E-state index contributed by atoms with van der Waals surface area (Å²) in [7, 11) is 1.78. The summed E-state index contributed by atoms with van der Waals surface area (Å²) in [6.45, 7) is 20.1. The zero-order chi connectivity index (χ0) is 34.1. The highest BCUT2D eigenvalue weighted by atomic mass is 35.5. The van der Waals surface area contributed by atoms with Gasteiger partial charge in [-0.1, -0.05) is 61.3 Å².